The molecule has 0 aliphatic carbocycles. The Labute approximate surface area is 143 Å². The minimum atomic E-state index is -0.916. The SMILES string of the molecule is CC(C)(C)OC(=O)Nc1cccc(F)c1B1OC(C)(C)C(C)(C)O1. The minimum absolute atomic E-state index is 0.155. The van der Waals surface area contributed by atoms with Crippen LogP contribution >= 0.6 is 0 Å². The zero-order valence-corrected chi connectivity index (χ0v) is 15.3. The second kappa shape index (κ2) is 6.04. The van der Waals surface area contributed by atoms with Gasteiger partial charge in [-0.15, -0.1) is 0 Å². The van der Waals surface area contributed by atoms with Crippen molar-refractivity contribution in [2.75, 3.05) is 5.32 Å². The smallest absolute Gasteiger partial charge is 0.444 e. The molecule has 2 rings (SSSR count). The van der Waals surface area contributed by atoms with Crippen molar-refractivity contribution in [3.05, 3.63) is 24.0 Å². The van der Waals surface area contributed by atoms with E-state index in [0.29, 0.717) is 0 Å². The summed E-state index contributed by atoms with van der Waals surface area (Å²) in [7, 11) is -0.916. The van der Waals surface area contributed by atoms with Crippen molar-refractivity contribution in [2.45, 2.75) is 65.3 Å². The normalized spacial score (nSPS) is 19.2. The van der Waals surface area contributed by atoms with E-state index in [0.717, 1.165) is 0 Å². The first-order valence-corrected chi connectivity index (χ1v) is 7.96. The molecule has 1 aromatic carbocycles. The molecular formula is C17H25BFNO4. The van der Waals surface area contributed by atoms with E-state index in [1.54, 1.807) is 26.8 Å². The lowest BCUT2D eigenvalue weighted by Crippen LogP contribution is -2.41. The van der Waals surface area contributed by atoms with E-state index in [9.17, 15) is 9.18 Å². The molecule has 5 nitrogen and oxygen atoms in total. The van der Waals surface area contributed by atoms with Crippen LogP contribution in [0, 0.1) is 5.82 Å². The summed E-state index contributed by atoms with van der Waals surface area (Å²) in [6.45, 7) is 12.8. The molecule has 1 N–H and O–H groups in total. The third-order valence-electron chi connectivity index (χ3n) is 4.18. The molecule has 0 spiro atoms. The van der Waals surface area contributed by atoms with Crippen LogP contribution in [-0.2, 0) is 14.0 Å². The second-order valence-electron chi connectivity index (χ2n) is 7.92. The third-order valence-corrected chi connectivity index (χ3v) is 4.18. The number of carbonyl (C=O) groups is 1. The number of amides is 1. The van der Waals surface area contributed by atoms with Gasteiger partial charge in [-0.1, -0.05) is 6.07 Å². The van der Waals surface area contributed by atoms with Crippen LogP contribution in [0.2, 0.25) is 0 Å². The quantitative estimate of drug-likeness (QED) is 0.840. The topological polar surface area (TPSA) is 56.8 Å². The van der Waals surface area contributed by atoms with E-state index in [-0.39, 0.29) is 11.2 Å². The van der Waals surface area contributed by atoms with Gasteiger partial charge in [0.2, 0.25) is 0 Å². The van der Waals surface area contributed by atoms with Gasteiger partial charge < -0.3 is 14.0 Å². The van der Waals surface area contributed by atoms with Gasteiger partial charge in [-0.2, -0.15) is 0 Å². The van der Waals surface area contributed by atoms with E-state index in [1.807, 2.05) is 27.7 Å². The third kappa shape index (κ3) is 3.90. The maximum absolute atomic E-state index is 14.4. The summed E-state index contributed by atoms with van der Waals surface area (Å²) >= 11 is 0. The first-order chi connectivity index (χ1) is 10.8. The van der Waals surface area contributed by atoms with Crippen LogP contribution < -0.4 is 10.8 Å². The fourth-order valence-corrected chi connectivity index (χ4v) is 2.26. The molecule has 1 aliphatic heterocycles. The Morgan fingerprint density at radius 1 is 1.17 bits per heavy atom. The molecule has 1 heterocycles. The molecule has 7 heteroatoms. The van der Waals surface area contributed by atoms with Gasteiger partial charge in [0, 0.05) is 11.2 Å². The average Bonchev–Trinajstić information content (AvgIpc) is 2.55. The molecule has 0 unspecified atom stereocenters. The average molecular weight is 337 g/mol. The number of benzene rings is 1. The van der Waals surface area contributed by atoms with Crippen LogP contribution in [0.4, 0.5) is 14.9 Å². The lowest BCUT2D eigenvalue weighted by molar-refractivity contribution is 0.00578. The molecule has 1 aromatic rings. The molecule has 0 radical (unpaired) electrons. The van der Waals surface area contributed by atoms with Crippen LogP contribution in [0.3, 0.4) is 0 Å². The summed E-state index contributed by atoms with van der Waals surface area (Å²) in [5.41, 5.74) is -1.45. The number of hydrogen-bond acceptors (Lipinski definition) is 4. The molecular weight excluding hydrogens is 312 g/mol. The lowest BCUT2D eigenvalue weighted by atomic mass is 9.77. The van der Waals surface area contributed by atoms with Crippen LogP contribution in [0.1, 0.15) is 48.5 Å². The molecule has 0 saturated carbocycles. The Morgan fingerprint density at radius 3 is 2.21 bits per heavy atom. The lowest BCUT2D eigenvalue weighted by Gasteiger charge is -2.32. The highest BCUT2D eigenvalue weighted by Crippen LogP contribution is 2.37. The Kier molecular flexibility index (Phi) is 4.72. The summed E-state index contributed by atoms with van der Waals surface area (Å²) < 4.78 is 31.5. The summed E-state index contributed by atoms with van der Waals surface area (Å²) in [5, 5.41) is 2.58. The number of nitrogens with one attached hydrogen (secondary N) is 1. The molecule has 1 aliphatic rings. The standard InChI is InChI=1S/C17H25BFNO4/c1-15(2,3)22-14(21)20-12-10-8-9-11(19)13(12)18-23-16(4,5)17(6,7)24-18/h8-10H,1-7H3,(H,20,21). The zero-order chi connectivity index (χ0) is 18.3. The molecule has 24 heavy (non-hydrogen) atoms. The van der Waals surface area contributed by atoms with Gasteiger partial charge in [-0.3, -0.25) is 5.32 Å². The molecule has 1 fully saturated rings. The molecule has 0 bridgehead atoms. The Bertz CT molecular complexity index is 624. The van der Waals surface area contributed by atoms with Crippen LogP contribution in [0.15, 0.2) is 18.2 Å². The van der Waals surface area contributed by atoms with Gasteiger partial charge in [0.25, 0.3) is 0 Å². The van der Waals surface area contributed by atoms with Gasteiger partial charge in [0.15, 0.2) is 0 Å². The van der Waals surface area contributed by atoms with Crippen LogP contribution in [0.5, 0.6) is 0 Å². The van der Waals surface area contributed by atoms with Gasteiger partial charge in [-0.25, -0.2) is 9.18 Å². The van der Waals surface area contributed by atoms with Crippen molar-refractivity contribution < 1.29 is 23.2 Å². The number of hydrogen-bond donors (Lipinski definition) is 1. The molecule has 0 aromatic heterocycles. The maximum atomic E-state index is 14.4. The monoisotopic (exact) mass is 337 g/mol. The fraction of sp³-hybridized carbons (Fsp3) is 0.588. The molecule has 1 amide bonds. The number of halogens is 1. The summed E-state index contributed by atoms with van der Waals surface area (Å²) in [5.74, 6) is -0.512. The van der Waals surface area contributed by atoms with Gasteiger partial charge >= 0.3 is 13.2 Å². The first kappa shape index (κ1) is 18.7. The van der Waals surface area contributed by atoms with E-state index in [2.05, 4.69) is 5.32 Å². The molecule has 132 valence electrons. The van der Waals surface area contributed by atoms with Crippen molar-refractivity contribution in [2.24, 2.45) is 0 Å². The number of anilines is 1. The largest absolute Gasteiger partial charge is 0.500 e. The van der Waals surface area contributed by atoms with Crippen molar-refractivity contribution in [3.63, 3.8) is 0 Å². The van der Waals surface area contributed by atoms with E-state index in [1.165, 1.54) is 12.1 Å². The number of carbonyl (C=O) groups excluding carboxylic acids is 1. The van der Waals surface area contributed by atoms with Crippen molar-refractivity contribution in [3.8, 4) is 0 Å². The highest BCUT2D eigenvalue weighted by atomic mass is 19.1. The summed E-state index contributed by atoms with van der Waals surface area (Å²) in [6.07, 6.45) is -0.661. The maximum Gasteiger partial charge on any atom is 0.500 e. The predicted molar refractivity (Wildman–Crippen MR) is 92.0 cm³/mol. The number of rotatable bonds is 2. The Balaban J connectivity index is 2.30. The van der Waals surface area contributed by atoms with Crippen molar-refractivity contribution in [1.82, 2.24) is 0 Å². The predicted octanol–water partition coefficient (Wildman–Crippen LogP) is 3.47. The van der Waals surface area contributed by atoms with E-state index >= 15 is 0 Å². The minimum Gasteiger partial charge on any atom is -0.444 e. The highest BCUT2D eigenvalue weighted by molar-refractivity contribution is 6.64. The van der Waals surface area contributed by atoms with Gasteiger partial charge in [0.1, 0.15) is 11.4 Å². The fourth-order valence-electron chi connectivity index (χ4n) is 2.26. The first-order valence-electron chi connectivity index (χ1n) is 7.96. The van der Waals surface area contributed by atoms with Gasteiger partial charge in [0.05, 0.1) is 11.2 Å². The van der Waals surface area contributed by atoms with Gasteiger partial charge in [-0.05, 0) is 60.6 Å². The molecule has 1 saturated heterocycles. The van der Waals surface area contributed by atoms with E-state index in [4.69, 9.17) is 14.0 Å². The number of ether oxygens (including phenoxy) is 1. The Morgan fingerprint density at radius 2 is 1.71 bits per heavy atom. The van der Waals surface area contributed by atoms with Crippen molar-refractivity contribution >= 4 is 24.4 Å². The molecule has 0 atom stereocenters. The van der Waals surface area contributed by atoms with Crippen LogP contribution in [-0.4, -0.2) is 30.0 Å². The van der Waals surface area contributed by atoms with E-state index < -0.39 is 35.8 Å². The summed E-state index contributed by atoms with van der Waals surface area (Å²) in [4.78, 5) is 12.0. The second-order valence-corrected chi connectivity index (χ2v) is 7.92. The summed E-state index contributed by atoms with van der Waals surface area (Å²) in [6, 6.07) is 4.41. The van der Waals surface area contributed by atoms with Crippen molar-refractivity contribution in [1.29, 1.82) is 0 Å². The van der Waals surface area contributed by atoms with Crippen LogP contribution in [0.25, 0.3) is 0 Å². The highest BCUT2D eigenvalue weighted by Gasteiger charge is 2.53. The Hall–Kier alpha value is -1.60. The zero-order valence-electron chi connectivity index (χ0n) is 15.3.